The van der Waals surface area contributed by atoms with Gasteiger partial charge in [-0.25, -0.2) is 10.2 Å². The molecule has 0 saturated heterocycles. The molecule has 168 valence electrons. The lowest BCUT2D eigenvalue weighted by Gasteiger charge is -2.11. The number of hydrogen-bond acceptors (Lipinski definition) is 8. The molecule has 0 aliphatic carbocycles. The summed E-state index contributed by atoms with van der Waals surface area (Å²) in [5, 5.41) is 14.9. The first-order valence-electron chi connectivity index (χ1n) is 9.86. The van der Waals surface area contributed by atoms with E-state index in [9.17, 15) is 19.7 Å². The van der Waals surface area contributed by atoms with E-state index in [2.05, 4.69) is 15.5 Å². The molecule has 1 N–H and O–H groups in total. The highest BCUT2D eigenvalue weighted by Gasteiger charge is 2.17. The number of nitro groups is 1. The molecule has 0 spiro atoms. The van der Waals surface area contributed by atoms with Crippen LogP contribution in [0.25, 0.3) is 0 Å². The summed E-state index contributed by atoms with van der Waals surface area (Å²) in [6, 6.07) is 11.9. The normalized spacial score (nSPS) is 10.6. The van der Waals surface area contributed by atoms with E-state index in [1.54, 1.807) is 38.1 Å². The van der Waals surface area contributed by atoms with Crippen LogP contribution in [0.15, 0.2) is 66.0 Å². The van der Waals surface area contributed by atoms with Crippen molar-refractivity contribution in [2.24, 2.45) is 5.10 Å². The Morgan fingerprint density at radius 3 is 2.52 bits per heavy atom. The van der Waals surface area contributed by atoms with E-state index >= 15 is 0 Å². The van der Waals surface area contributed by atoms with Crippen molar-refractivity contribution in [3.63, 3.8) is 0 Å². The van der Waals surface area contributed by atoms with Crippen molar-refractivity contribution in [1.82, 2.24) is 10.4 Å². The Morgan fingerprint density at radius 1 is 1.09 bits per heavy atom. The molecule has 0 aliphatic heterocycles. The predicted octanol–water partition coefficient (Wildman–Crippen LogP) is 3.68. The van der Waals surface area contributed by atoms with E-state index in [1.165, 1.54) is 42.9 Å². The zero-order chi connectivity index (χ0) is 23.8. The number of esters is 1. The van der Waals surface area contributed by atoms with Crippen LogP contribution in [0.1, 0.15) is 38.8 Å². The third-order valence-electron chi connectivity index (χ3n) is 4.42. The van der Waals surface area contributed by atoms with Gasteiger partial charge in [0.15, 0.2) is 11.5 Å². The lowest BCUT2D eigenvalue weighted by molar-refractivity contribution is -0.385. The molecule has 0 atom stereocenters. The first kappa shape index (κ1) is 23.1. The monoisotopic (exact) mass is 448 g/mol. The van der Waals surface area contributed by atoms with E-state index in [-0.39, 0.29) is 22.9 Å². The SMILES string of the molecule is CCOc1cc(/C=N/NC(=O)c2ccncc2)ccc1OC(=O)c1ccc([N+](=O)[O-])c(C)c1. The molecule has 10 nitrogen and oxygen atoms in total. The number of rotatable bonds is 8. The van der Waals surface area contributed by atoms with Gasteiger partial charge in [0.2, 0.25) is 0 Å². The molecule has 1 aromatic heterocycles. The van der Waals surface area contributed by atoms with Crippen molar-refractivity contribution in [2.75, 3.05) is 6.61 Å². The van der Waals surface area contributed by atoms with Crippen molar-refractivity contribution in [3.8, 4) is 11.5 Å². The lowest BCUT2D eigenvalue weighted by Crippen LogP contribution is -2.17. The standard InChI is InChI=1S/C23H20N4O6/c1-3-32-21-13-16(14-25-26-22(28)17-8-10-24-11-9-17)4-7-20(21)33-23(29)18-5-6-19(27(30)31)15(2)12-18/h4-14H,3H2,1-2H3,(H,26,28)/b25-14+. The molecule has 0 saturated carbocycles. The summed E-state index contributed by atoms with van der Waals surface area (Å²) in [4.78, 5) is 38.9. The van der Waals surface area contributed by atoms with Crippen LogP contribution in [-0.2, 0) is 0 Å². The third kappa shape index (κ3) is 5.97. The fourth-order valence-electron chi connectivity index (χ4n) is 2.84. The molecule has 33 heavy (non-hydrogen) atoms. The number of ether oxygens (including phenoxy) is 2. The van der Waals surface area contributed by atoms with Gasteiger partial charge >= 0.3 is 5.97 Å². The molecular weight excluding hydrogens is 428 g/mol. The van der Waals surface area contributed by atoms with Crippen molar-refractivity contribution in [3.05, 3.63) is 93.3 Å². The number of nitrogens with zero attached hydrogens (tertiary/aromatic N) is 3. The number of aryl methyl sites for hydroxylation is 1. The lowest BCUT2D eigenvalue weighted by atomic mass is 10.1. The maximum absolute atomic E-state index is 12.5. The number of nitrogens with one attached hydrogen (secondary N) is 1. The predicted molar refractivity (Wildman–Crippen MR) is 120 cm³/mol. The third-order valence-corrected chi connectivity index (χ3v) is 4.42. The van der Waals surface area contributed by atoms with E-state index in [1.807, 2.05) is 0 Å². The zero-order valence-electron chi connectivity index (χ0n) is 17.8. The van der Waals surface area contributed by atoms with E-state index in [0.29, 0.717) is 29.0 Å². The van der Waals surface area contributed by atoms with E-state index in [4.69, 9.17) is 9.47 Å². The van der Waals surface area contributed by atoms with Crippen molar-refractivity contribution < 1.29 is 24.0 Å². The first-order chi connectivity index (χ1) is 15.9. The summed E-state index contributed by atoms with van der Waals surface area (Å²) in [5.74, 6) is -0.590. The zero-order valence-corrected chi connectivity index (χ0v) is 17.8. The van der Waals surface area contributed by atoms with Crippen LogP contribution in [0.5, 0.6) is 11.5 Å². The maximum atomic E-state index is 12.5. The molecule has 0 bridgehead atoms. The minimum Gasteiger partial charge on any atom is -0.490 e. The van der Waals surface area contributed by atoms with Gasteiger partial charge in [-0.2, -0.15) is 5.10 Å². The maximum Gasteiger partial charge on any atom is 0.343 e. The van der Waals surface area contributed by atoms with Crippen LogP contribution in [0.2, 0.25) is 0 Å². The number of carbonyl (C=O) groups excluding carboxylic acids is 2. The Morgan fingerprint density at radius 2 is 1.85 bits per heavy atom. The number of carbonyl (C=O) groups is 2. The second-order valence-electron chi connectivity index (χ2n) is 6.72. The second-order valence-corrected chi connectivity index (χ2v) is 6.72. The fraction of sp³-hybridized carbons (Fsp3) is 0.130. The van der Waals surface area contributed by atoms with Gasteiger partial charge in [-0.15, -0.1) is 0 Å². The van der Waals surface area contributed by atoms with Gasteiger partial charge in [0.1, 0.15) is 0 Å². The summed E-state index contributed by atoms with van der Waals surface area (Å²) in [6.45, 7) is 3.64. The minimum absolute atomic E-state index is 0.0822. The van der Waals surface area contributed by atoms with Crippen LogP contribution in [0.3, 0.4) is 0 Å². The van der Waals surface area contributed by atoms with Gasteiger partial charge in [0.05, 0.1) is 23.3 Å². The summed E-state index contributed by atoms with van der Waals surface area (Å²) >= 11 is 0. The van der Waals surface area contributed by atoms with Crippen LogP contribution in [0.4, 0.5) is 5.69 Å². The summed E-state index contributed by atoms with van der Waals surface area (Å²) in [5.41, 5.74) is 3.86. The highest BCUT2D eigenvalue weighted by atomic mass is 16.6. The Labute approximate surface area is 189 Å². The van der Waals surface area contributed by atoms with Gasteiger partial charge < -0.3 is 9.47 Å². The molecule has 0 radical (unpaired) electrons. The quantitative estimate of drug-likeness (QED) is 0.183. The molecule has 3 rings (SSSR count). The molecule has 0 fully saturated rings. The Balaban J connectivity index is 1.73. The summed E-state index contributed by atoms with van der Waals surface area (Å²) in [6.07, 6.45) is 4.43. The van der Waals surface area contributed by atoms with E-state index < -0.39 is 10.9 Å². The van der Waals surface area contributed by atoms with Crippen LogP contribution >= 0.6 is 0 Å². The smallest absolute Gasteiger partial charge is 0.343 e. The number of aromatic nitrogens is 1. The number of amides is 1. The molecule has 1 heterocycles. The molecule has 3 aromatic rings. The Bertz CT molecular complexity index is 1210. The summed E-state index contributed by atoms with van der Waals surface area (Å²) < 4.78 is 11.0. The topological polar surface area (TPSA) is 133 Å². The molecule has 2 aromatic carbocycles. The highest BCUT2D eigenvalue weighted by Crippen LogP contribution is 2.29. The summed E-state index contributed by atoms with van der Waals surface area (Å²) in [7, 11) is 0. The van der Waals surface area contributed by atoms with Gasteiger partial charge in [-0.3, -0.25) is 19.9 Å². The minimum atomic E-state index is -0.681. The van der Waals surface area contributed by atoms with Crippen molar-refractivity contribution >= 4 is 23.8 Å². The molecule has 10 heteroatoms. The number of hydrogen-bond donors (Lipinski definition) is 1. The largest absolute Gasteiger partial charge is 0.490 e. The fourth-order valence-corrected chi connectivity index (χ4v) is 2.84. The highest BCUT2D eigenvalue weighted by molar-refractivity contribution is 5.95. The van der Waals surface area contributed by atoms with Gasteiger partial charge in [0.25, 0.3) is 11.6 Å². The second kappa shape index (κ2) is 10.6. The molecule has 1 amide bonds. The van der Waals surface area contributed by atoms with Gasteiger partial charge in [-0.05, 0) is 61.9 Å². The van der Waals surface area contributed by atoms with E-state index in [0.717, 1.165) is 0 Å². The van der Waals surface area contributed by atoms with Crippen molar-refractivity contribution in [1.29, 1.82) is 0 Å². The van der Waals surface area contributed by atoms with Crippen LogP contribution in [0, 0.1) is 17.0 Å². The van der Waals surface area contributed by atoms with Gasteiger partial charge in [0, 0.05) is 29.6 Å². The Hall–Kier alpha value is -4.60. The first-order valence-corrected chi connectivity index (χ1v) is 9.86. The molecule has 0 unspecified atom stereocenters. The van der Waals surface area contributed by atoms with Gasteiger partial charge in [-0.1, -0.05) is 0 Å². The molecule has 0 aliphatic rings. The number of nitro benzene ring substituents is 1. The number of pyridine rings is 1. The van der Waals surface area contributed by atoms with Crippen LogP contribution in [-0.4, -0.2) is 34.6 Å². The van der Waals surface area contributed by atoms with Crippen LogP contribution < -0.4 is 14.9 Å². The average molecular weight is 448 g/mol. The number of benzene rings is 2. The Kier molecular flexibility index (Phi) is 7.43. The number of hydrazone groups is 1. The van der Waals surface area contributed by atoms with Crippen molar-refractivity contribution in [2.45, 2.75) is 13.8 Å². The molecular formula is C23H20N4O6. The average Bonchev–Trinajstić information content (AvgIpc) is 2.81.